The number of nitrogens with zero attached hydrogens (tertiary/aromatic N) is 1. The van der Waals surface area contributed by atoms with E-state index in [1.165, 1.54) is 7.11 Å². The lowest BCUT2D eigenvalue weighted by molar-refractivity contribution is -0.134. The number of rotatable bonds is 6. The van der Waals surface area contributed by atoms with Gasteiger partial charge in [-0.25, -0.2) is 9.79 Å². The zero-order chi connectivity index (χ0) is 22.5. The van der Waals surface area contributed by atoms with Crippen molar-refractivity contribution < 1.29 is 23.8 Å². The predicted octanol–water partition coefficient (Wildman–Crippen LogP) is 5.02. The van der Waals surface area contributed by atoms with E-state index in [-0.39, 0.29) is 24.0 Å². The summed E-state index contributed by atoms with van der Waals surface area (Å²) in [7, 11) is 1.48. The first-order valence-electron chi connectivity index (χ1n) is 10.1. The van der Waals surface area contributed by atoms with Crippen molar-refractivity contribution in [3.63, 3.8) is 0 Å². The van der Waals surface area contributed by atoms with Crippen molar-refractivity contribution in [2.75, 3.05) is 7.11 Å². The Hall–Kier alpha value is -4.19. The number of hydrogen-bond donors (Lipinski definition) is 0. The Morgan fingerprint density at radius 2 is 1.62 bits per heavy atom. The van der Waals surface area contributed by atoms with Gasteiger partial charge in [0.25, 0.3) is 0 Å². The first-order valence-corrected chi connectivity index (χ1v) is 10.1. The molecule has 3 aromatic carbocycles. The number of hydrogen-bond acceptors (Lipinski definition) is 6. The van der Waals surface area contributed by atoms with E-state index in [9.17, 15) is 9.59 Å². The second kappa shape index (κ2) is 9.31. The van der Waals surface area contributed by atoms with Crippen LogP contribution in [0, 0.1) is 0 Å². The number of methoxy groups -OCH3 is 1. The number of aliphatic imine (C=N–C) groups is 1. The molecule has 0 unspecified atom stereocenters. The number of esters is 2. The Bertz CT molecular complexity index is 1210. The summed E-state index contributed by atoms with van der Waals surface area (Å²) in [5.74, 6) is 0.0571. The summed E-state index contributed by atoms with van der Waals surface area (Å²) in [5.41, 5.74) is 3.71. The van der Waals surface area contributed by atoms with Gasteiger partial charge >= 0.3 is 11.9 Å². The van der Waals surface area contributed by atoms with Crippen molar-refractivity contribution in [1.82, 2.24) is 0 Å². The topological polar surface area (TPSA) is 74.2 Å². The quantitative estimate of drug-likeness (QED) is 0.314. The molecule has 0 N–H and O–H groups in total. The molecule has 0 amide bonds. The van der Waals surface area contributed by atoms with Crippen LogP contribution in [0.1, 0.15) is 24.5 Å². The largest absolute Gasteiger partial charge is 0.493 e. The molecule has 0 saturated carbocycles. The van der Waals surface area contributed by atoms with Crippen LogP contribution in [0.3, 0.4) is 0 Å². The van der Waals surface area contributed by atoms with Crippen LogP contribution >= 0.6 is 0 Å². The highest BCUT2D eigenvalue weighted by Gasteiger charge is 2.24. The van der Waals surface area contributed by atoms with Gasteiger partial charge in [0, 0.05) is 12.0 Å². The molecule has 0 atom stereocenters. The van der Waals surface area contributed by atoms with E-state index in [0.29, 0.717) is 22.6 Å². The highest BCUT2D eigenvalue weighted by Crippen LogP contribution is 2.30. The van der Waals surface area contributed by atoms with Crippen molar-refractivity contribution in [2.45, 2.75) is 13.3 Å². The minimum atomic E-state index is -0.535. The van der Waals surface area contributed by atoms with Crippen LogP contribution in [0.25, 0.3) is 17.2 Å². The van der Waals surface area contributed by atoms with E-state index in [1.54, 1.807) is 31.2 Å². The fourth-order valence-electron chi connectivity index (χ4n) is 3.18. The van der Waals surface area contributed by atoms with Crippen LogP contribution < -0.4 is 9.47 Å². The van der Waals surface area contributed by atoms with Gasteiger partial charge in [-0.3, -0.25) is 4.79 Å². The molecule has 0 aliphatic carbocycles. The van der Waals surface area contributed by atoms with Gasteiger partial charge < -0.3 is 14.2 Å². The molecular weight excluding hydrogens is 406 g/mol. The van der Waals surface area contributed by atoms with E-state index in [2.05, 4.69) is 4.99 Å². The minimum absolute atomic E-state index is 0.174. The normalized spacial score (nSPS) is 14.1. The molecular formula is C26H21NO5. The average molecular weight is 427 g/mol. The lowest BCUT2D eigenvalue weighted by Gasteiger charge is -2.09. The highest BCUT2D eigenvalue weighted by molar-refractivity contribution is 6.13. The number of ether oxygens (including phenoxy) is 3. The van der Waals surface area contributed by atoms with Crippen molar-refractivity contribution in [2.24, 2.45) is 4.99 Å². The molecule has 0 spiro atoms. The van der Waals surface area contributed by atoms with Gasteiger partial charge in [0.15, 0.2) is 17.2 Å². The Kier molecular flexibility index (Phi) is 6.12. The number of cyclic esters (lactones) is 1. The maximum absolute atomic E-state index is 12.4. The SMILES string of the molecule is CCC(=O)Oc1ccc(/C=C2\N=C(c3ccc(-c4ccccc4)cc3)OC2=O)cc1OC. The van der Waals surface area contributed by atoms with Crippen molar-refractivity contribution >= 4 is 23.9 Å². The molecule has 0 radical (unpaired) electrons. The number of carbonyl (C=O) groups is 2. The van der Waals surface area contributed by atoms with Crippen LogP contribution in [0.2, 0.25) is 0 Å². The third-order valence-electron chi connectivity index (χ3n) is 4.86. The monoisotopic (exact) mass is 427 g/mol. The molecule has 4 rings (SSSR count). The van der Waals surface area contributed by atoms with Gasteiger partial charge in [-0.1, -0.05) is 55.5 Å². The second-order valence-electron chi connectivity index (χ2n) is 7.02. The Morgan fingerprint density at radius 3 is 2.31 bits per heavy atom. The van der Waals surface area contributed by atoms with E-state index < -0.39 is 5.97 Å². The molecule has 6 nitrogen and oxygen atoms in total. The molecule has 1 aliphatic rings. The van der Waals surface area contributed by atoms with Gasteiger partial charge in [0.2, 0.25) is 5.90 Å². The third kappa shape index (κ3) is 4.59. The van der Waals surface area contributed by atoms with Gasteiger partial charge in [0.05, 0.1) is 7.11 Å². The van der Waals surface area contributed by atoms with Crippen LogP contribution in [0.15, 0.2) is 83.5 Å². The Labute approximate surface area is 185 Å². The van der Waals surface area contributed by atoms with Crippen molar-refractivity contribution in [3.8, 4) is 22.6 Å². The fourth-order valence-corrected chi connectivity index (χ4v) is 3.18. The summed E-state index contributed by atoms with van der Waals surface area (Å²) in [4.78, 5) is 28.3. The highest BCUT2D eigenvalue weighted by atomic mass is 16.6. The Morgan fingerprint density at radius 1 is 0.938 bits per heavy atom. The van der Waals surface area contributed by atoms with Crippen LogP contribution in [0.4, 0.5) is 0 Å². The van der Waals surface area contributed by atoms with Crippen LogP contribution in [-0.4, -0.2) is 24.9 Å². The summed E-state index contributed by atoms with van der Waals surface area (Å²) < 4.78 is 15.9. The minimum Gasteiger partial charge on any atom is -0.493 e. The molecule has 32 heavy (non-hydrogen) atoms. The van der Waals surface area contributed by atoms with E-state index in [1.807, 2.05) is 54.6 Å². The van der Waals surface area contributed by atoms with Gasteiger partial charge in [-0.15, -0.1) is 0 Å². The fraction of sp³-hybridized carbons (Fsp3) is 0.115. The zero-order valence-corrected chi connectivity index (χ0v) is 17.7. The molecule has 0 bridgehead atoms. The van der Waals surface area contributed by atoms with E-state index in [0.717, 1.165) is 11.1 Å². The Balaban J connectivity index is 1.57. The van der Waals surface area contributed by atoms with Crippen molar-refractivity contribution in [1.29, 1.82) is 0 Å². The standard InChI is InChI=1S/C26H21NO5/c1-3-24(28)31-22-14-9-17(16-23(22)30-2)15-21-26(29)32-25(27-21)20-12-10-19(11-13-20)18-7-5-4-6-8-18/h4-16H,3H2,1-2H3/b21-15-. The summed E-state index contributed by atoms with van der Waals surface area (Å²) in [6, 6.07) is 22.7. The molecule has 160 valence electrons. The first-order chi connectivity index (χ1) is 15.6. The van der Waals surface area contributed by atoms with E-state index >= 15 is 0 Å². The number of carbonyl (C=O) groups excluding carboxylic acids is 2. The molecule has 6 heteroatoms. The molecule has 0 saturated heterocycles. The van der Waals surface area contributed by atoms with Crippen LogP contribution in [-0.2, 0) is 14.3 Å². The predicted molar refractivity (Wildman–Crippen MR) is 121 cm³/mol. The lowest BCUT2D eigenvalue weighted by atomic mass is 10.0. The number of benzene rings is 3. The maximum Gasteiger partial charge on any atom is 0.363 e. The smallest absolute Gasteiger partial charge is 0.363 e. The molecule has 1 heterocycles. The van der Waals surface area contributed by atoms with Gasteiger partial charge in [-0.2, -0.15) is 0 Å². The summed E-state index contributed by atoms with van der Waals surface area (Å²) in [6.07, 6.45) is 1.85. The first kappa shape index (κ1) is 21.1. The summed E-state index contributed by atoms with van der Waals surface area (Å²) >= 11 is 0. The van der Waals surface area contributed by atoms with Crippen molar-refractivity contribution in [3.05, 3.63) is 89.6 Å². The third-order valence-corrected chi connectivity index (χ3v) is 4.86. The maximum atomic E-state index is 12.4. The zero-order valence-electron chi connectivity index (χ0n) is 17.7. The van der Waals surface area contributed by atoms with Gasteiger partial charge in [0.1, 0.15) is 0 Å². The van der Waals surface area contributed by atoms with Crippen LogP contribution in [0.5, 0.6) is 11.5 Å². The second-order valence-corrected chi connectivity index (χ2v) is 7.02. The molecule has 3 aromatic rings. The average Bonchev–Trinajstić information content (AvgIpc) is 3.20. The molecule has 0 aromatic heterocycles. The van der Waals surface area contributed by atoms with E-state index in [4.69, 9.17) is 14.2 Å². The summed E-state index contributed by atoms with van der Waals surface area (Å²) in [5, 5.41) is 0. The van der Waals surface area contributed by atoms with Gasteiger partial charge in [-0.05, 0) is 47.0 Å². The lowest BCUT2D eigenvalue weighted by Crippen LogP contribution is -2.06. The molecule has 1 aliphatic heterocycles. The molecule has 0 fully saturated rings. The summed E-state index contributed by atoms with van der Waals surface area (Å²) in [6.45, 7) is 1.71.